The van der Waals surface area contributed by atoms with E-state index in [2.05, 4.69) is 6.92 Å². The third kappa shape index (κ3) is 8.52. The van der Waals surface area contributed by atoms with Crippen molar-refractivity contribution >= 4 is 17.7 Å². The highest BCUT2D eigenvalue weighted by atomic mass is 35.7. The lowest BCUT2D eigenvalue weighted by Gasteiger charge is -2.01. The Morgan fingerprint density at radius 1 is 1.30 bits per heavy atom. The summed E-state index contributed by atoms with van der Waals surface area (Å²) < 4.78 is 10.9. The molecule has 62 valence electrons. The quantitative estimate of drug-likeness (QED) is 0.468. The Hall–Kier alpha value is 0.520. The maximum atomic E-state index is 10.9. The summed E-state index contributed by atoms with van der Waals surface area (Å²) in [6, 6.07) is 0. The van der Waals surface area contributed by atoms with Gasteiger partial charge in [0.15, 0.2) is 6.49 Å². The molecule has 0 heterocycles. The molecule has 0 radical (unpaired) electrons. The highest BCUT2D eigenvalue weighted by Crippen LogP contribution is 2.47. The Morgan fingerprint density at radius 3 is 2.30 bits per heavy atom. The Balaban J connectivity index is 3.13. The average Bonchev–Trinajstić information content (AvgIpc) is 1.78. The van der Waals surface area contributed by atoms with Crippen LogP contribution in [0.5, 0.6) is 0 Å². The van der Waals surface area contributed by atoms with E-state index in [1.807, 2.05) is 0 Å². The monoisotopic (exact) mass is 182 g/mol. The van der Waals surface area contributed by atoms with Crippen molar-refractivity contribution in [1.29, 1.82) is 0 Å². The first kappa shape index (κ1) is 10.5. The van der Waals surface area contributed by atoms with Crippen LogP contribution in [0.1, 0.15) is 32.6 Å². The predicted molar refractivity (Wildman–Crippen MR) is 48.4 cm³/mol. The topological polar surface area (TPSA) is 17.1 Å². The lowest BCUT2D eigenvalue weighted by molar-refractivity contribution is 0.583. The summed E-state index contributed by atoms with van der Waals surface area (Å²) in [6.45, 7) is 1.56. The normalized spacial score (nSPS) is 16.7. The fourth-order valence-corrected chi connectivity index (χ4v) is 1.97. The first-order valence-electron chi connectivity index (χ1n) is 3.82. The van der Waals surface area contributed by atoms with Crippen LogP contribution in [-0.2, 0) is 4.57 Å². The molecule has 0 aliphatic heterocycles. The maximum absolute atomic E-state index is 10.9. The zero-order valence-corrected chi connectivity index (χ0v) is 8.42. The van der Waals surface area contributed by atoms with E-state index in [-0.39, 0.29) is 0 Å². The molecular formula is C7H16ClOP. The van der Waals surface area contributed by atoms with Crippen molar-refractivity contribution in [2.45, 2.75) is 32.6 Å². The fraction of sp³-hybridized carbons (Fsp3) is 1.00. The SMILES string of the molecule is CCCCCCP(C)(=O)Cl. The maximum Gasteiger partial charge on any atom is 0.166 e. The number of halogens is 1. The summed E-state index contributed by atoms with van der Waals surface area (Å²) in [6.07, 6.45) is 5.34. The molecule has 1 atom stereocenters. The van der Waals surface area contributed by atoms with Crippen molar-refractivity contribution in [2.75, 3.05) is 12.8 Å². The lowest BCUT2D eigenvalue weighted by atomic mass is 10.2. The number of hydrogen-bond donors (Lipinski definition) is 0. The molecule has 0 aromatic heterocycles. The molecule has 0 aliphatic rings. The predicted octanol–water partition coefficient (Wildman–Crippen LogP) is 3.71. The highest BCUT2D eigenvalue weighted by Gasteiger charge is 2.07. The number of rotatable bonds is 5. The third-order valence-corrected chi connectivity index (χ3v) is 3.03. The smallest absolute Gasteiger partial charge is 0.166 e. The van der Waals surface area contributed by atoms with Crippen molar-refractivity contribution in [3.63, 3.8) is 0 Å². The average molecular weight is 183 g/mol. The van der Waals surface area contributed by atoms with Gasteiger partial charge in [0.25, 0.3) is 0 Å². The number of hydrogen-bond acceptors (Lipinski definition) is 1. The zero-order valence-electron chi connectivity index (χ0n) is 6.77. The molecule has 0 aromatic carbocycles. The van der Waals surface area contributed by atoms with Crippen LogP contribution in [0.2, 0.25) is 0 Å². The first-order valence-corrected chi connectivity index (χ1v) is 7.07. The summed E-state index contributed by atoms with van der Waals surface area (Å²) in [5.41, 5.74) is 0. The molecule has 0 spiro atoms. The van der Waals surface area contributed by atoms with Crippen LogP contribution in [0, 0.1) is 0 Å². The van der Waals surface area contributed by atoms with E-state index in [4.69, 9.17) is 11.2 Å². The van der Waals surface area contributed by atoms with E-state index >= 15 is 0 Å². The van der Waals surface area contributed by atoms with E-state index in [1.54, 1.807) is 6.66 Å². The van der Waals surface area contributed by atoms with Gasteiger partial charge in [0.1, 0.15) is 0 Å². The molecule has 0 aromatic rings. The Labute approximate surface area is 68.3 Å². The van der Waals surface area contributed by atoms with Crippen molar-refractivity contribution < 1.29 is 4.57 Å². The molecule has 3 heteroatoms. The molecule has 1 nitrogen and oxygen atoms in total. The summed E-state index contributed by atoms with van der Waals surface area (Å²) in [7, 11) is 0. The second kappa shape index (κ2) is 5.21. The summed E-state index contributed by atoms with van der Waals surface area (Å²) in [4.78, 5) is 0. The zero-order chi connectivity index (χ0) is 8.04. The standard InChI is InChI=1S/C7H16ClOP/c1-3-4-5-6-7-10(2,8)9/h3-7H2,1-2H3. The van der Waals surface area contributed by atoms with Crippen LogP contribution in [0.25, 0.3) is 0 Å². The van der Waals surface area contributed by atoms with Gasteiger partial charge in [-0.05, 0) is 6.42 Å². The fourth-order valence-electron chi connectivity index (χ4n) is 0.821. The Kier molecular flexibility index (Phi) is 5.48. The Morgan fingerprint density at radius 2 is 1.90 bits per heavy atom. The Bertz CT molecular complexity index is 119. The van der Waals surface area contributed by atoms with E-state index < -0.39 is 6.49 Å². The minimum absolute atomic E-state index is 0.703. The molecule has 0 saturated heterocycles. The van der Waals surface area contributed by atoms with Gasteiger partial charge in [0.05, 0.1) is 0 Å². The van der Waals surface area contributed by atoms with Crippen molar-refractivity contribution in [3.05, 3.63) is 0 Å². The summed E-state index contributed by atoms with van der Waals surface area (Å²) in [5, 5.41) is 0. The van der Waals surface area contributed by atoms with Gasteiger partial charge in [-0.1, -0.05) is 37.4 Å². The molecule has 10 heavy (non-hydrogen) atoms. The second-order valence-corrected chi connectivity index (χ2v) is 7.33. The highest BCUT2D eigenvalue weighted by molar-refractivity contribution is 7.88. The van der Waals surface area contributed by atoms with Gasteiger partial charge in [-0.15, -0.1) is 0 Å². The van der Waals surface area contributed by atoms with E-state index in [9.17, 15) is 4.57 Å². The molecule has 0 aliphatic carbocycles. The van der Waals surface area contributed by atoms with Gasteiger partial charge in [0, 0.05) is 12.8 Å². The van der Waals surface area contributed by atoms with Crippen LogP contribution in [0.4, 0.5) is 0 Å². The molecule has 0 rings (SSSR count). The lowest BCUT2D eigenvalue weighted by Crippen LogP contribution is -1.82. The van der Waals surface area contributed by atoms with Gasteiger partial charge in [-0.3, -0.25) is 0 Å². The van der Waals surface area contributed by atoms with E-state index in [0.717, 1.165) is 6.42 Å². The van der Waals surface area contributed by atoms with Gasteiger partial charge in [-0.25, -0.2) is 0 Å². The molecule has 1 unspecified atom stereocenters. The van der Waals surface area contributed by atoms with Crippen molar-refractivity contribution in [3.8, 4) is 0 Å². The van der Waals surface area contributed by atoms with E-state index in [0.29, 0.717) is 6.16 Å². The molecule has 0 saturated carbocycles. The van der Waals surface area contributed by atoms with Gasteiger partial charge < -0.3 is 4.57 Å². The third-order valence-electron chi connectivity index (χ3n) is 1.41. The van der Waals surface area contributed by atoms with Crippen molar-refractivity contribution in [1.82, 2.24) is 0 Å². The molecule has 0 N–H and O–H groups in total. The summed E-state index contributed by atoms with van der Waals surface area (Å²) >= 11 is 5.57. The minimum atomic E-state index is -2.23. The minimum Gasteiger partial charge on any atom is -0.307 e. The first-order chi connectivity index (χ1) is 4.56. The van der Waals surface area contributed by atoms with Crippen LogP contribution < -0.4 is 0 Å². The number of unbranched alkanes of at least 4 members (excludes halogenated alkanes) is 3. The largest absolute Gasteiger partial charge is 0.307 e. The van der Waals surface area contributed by atoms with E-state index in [1.165, 1.54) is 19.3 Å². The second-order valence-electron chi connectivity index (χ2n) is 2.77. The molecular weight excluding hydrogens is 167 g/mol. The van der Waals surface area contributed by atoms with Crippen LogP contribution in [0.15, 0.2) is 0 Å². The van der Waals surface area contributed by atoms with Gasteiger partial charge in [0.2, 0.25) is 0 Å². The summed E-state index contributed by atoms with van der Waals surface area (Å²) in [5.74, 6) is 0. The van der Waals surface area contributed by atoms with Gasteiger partial charge >= 0.3 is 0 Å². The van der Waals surface area contributed by atoms with Gasteiger partial charge in [-0.2, -0.15) is 0 Å². The van der Waals surface area contributed by atoms with Crippen LogP contribution in [-0.4, -0.2) is 12.8 Å². The molecule has 0 bridgehead atoms. The molecule has 0 amide bonds. The molecule has 0 fully saturated rings. The van der Waals surface area contributed by atoms with Crippen molar-refractivity contribution in [2.24, 2.45) is 0 Å². The van der Waals surface area contributed by atoms with Crippen LogP contribution in [0.3, 0.4) is 0 Å². The van der Waals surface area contributed by atoms with Crippen LogP contribution >= 0.6 is 17.7 Å².